The molecule has 0 radical (unpaired) electrons. The largest absolute Gasteiger partial charge is 0.393 e. The zero-order valence-corrected chi connectivity index (χ0v) is 12.3. The molecule has 0 aromatic rings. The molecule has 2 nitrogen and oxygen atoms in total. The summed E-state index contributed by atoms with van der Waals surface area (Å²) < 4.78 is 0. The summed E-state index contributed by atoms with van der Waals surface area (Å²) in [4.78, 5) is 1.74. The van der Waals surface area contributed by atoms with Crippen molar-refractivity contribution in [2.24, 2.45) is 0 Å². The maximum absolute atomic E-state index is 8.91. The lowest BCUT2D eigenvalue weighted by molar-refractivity contribution is 0.138. The molecule has 0 aliphatic carbocycles. The molecule has 0 aromatic carbocycles. The summed E-state index contributed by atoms with van der Waals surface area (Å²) in [6, 6.07) is 0. The van der Waals surface area contributed by atoms with E-state index in [1.807, 2.05) is 6.08 Å². The standard InChI is InChI=1S/C16H17BrO2/c17-14-12-10-8-6-4-2-1-3-5-7-9-11-13-16(19)15-18/h3,5,12,14,16,18-19H,1-2,4,6,15H2/b5-3-,14-12+/t16-/m1/s1. The highest BCUT2D eigenvalue weighted by molar-refractivity contribution is 9.11. The van der Waals surface area contributed by atoms with Crippen molar-refractivity contribution in [3.63, 3.8) is 0 Å². The molecule has 0 aliphatic heterocycles. The average molecular weight is 321 g/mol. The van der Waals surface area contributed by atoms with Gasteiger partial charge in [0.05, 0.1) is 6.61 Å². The van der Waals surface area contributed by atoms with Crippen LogP contribution in [0.1, 0.15) is 25.7 Å². The van der Waals surface area contributed by atoms with Gasteiger partial charge in [-0.25, -0.2) is 0 Å². The van der Waals surface area contributed by atoms with Gasteiger partial charge in [-0.15, -0.1) is 0 Å². The third kappa shape index (κ3) is 14.5. The van der Waals surface area contributed by atoms with Gasteiger partial charge in [0, 0.05) is 6.42 Å². The first kappa shape index (κ1) is 17.6. The molecule has 0 bridgehead atoms. The Hall–Kier alpha value is -1.44. The minimum absolute atomic E-state index is 0.362. The van der Waals surface area contributed by atoms with Gasteiger partial charge in [0.15, 0.2) is 0 Å². The van der Waals surface area contributed by atoms with Crippen LogP contribution in [0.2, 0.25) is 0 Å². The summed E-state index contributed by atoms with van der Waals surface area (Å²) in [6.07, 6.45) is 8.53. The molecule has 0 aromatic heterocycles. The Labute approximate surface area is 123 Å². The predicted octanol–water partition coefficient (Wildman–Crippen LogP) is 2.38. The molecule has 0 heterocycles. The predicted molar refractivity (Wildman–Crippen MR) is 82.1 cm³/mol. The SMILES string of the molecule is OC[C@H](O)C#CC#C/C=C\CCCCC#C/C=C/Br. The maximum atomic E-state index is 8.91. The summed E-state index contributed by atoms with van der Waals surface area (Å²) in [7, 11) is 0. The van der Waals surface area contributed by atoms with E-state index in [4.69, 9.17) is 10.2 Å². The van der Waals surface area contributed by atoms with Crippen molar-refractivity contribution in [1.82, 2.24) is 0 Å². The van der Waals surface area contributed by atoms with Crippen LogP contribution in [0.15, 0.2) is 23.2 Å². The van der Waals surface area contributed by atoms with Crippen LogP contribution in [0, 0.1) is 35.5 Å². The summed E-state index contributed by atoms with van der Waals surface area (Å²) in [5, 5.41) is 17.4. The number of allylic oxidation sites excluding steroid dienone is 3. The van der Waals surface area contributed by atoms with Crippen LogP contribution in [0.4, 0.5) is 0 Å². The lowest BCUT2D eigenvalue weighted by Crippen LogP contribution is -2.07. The molecule has 2 N–H and O–H groups in total. The molecule has 0 spiro atoms. The number of unbranched alkanes of at least 4 members (excludes halogenated alkanes) is 3. The second-order valence-electron chi connectivity index (χ2n) is 3.50. The molecule has 0 rings (SSSR count). The minimum atomic E-state index is -1.00. The van der Waals surface area contributed by atoms with Gasteiger partial charge in [-0.1, -0.05) is 45.7 Å². The average Bonchev–Trinajstić information content (AvgIpc) is 2.43. The van der Waals surface area contributed by atoms with Gasteiger partial charge in [0.2, 0.25) is 0 Å². The van der Waals surface area contributed by atoms with Crippen LogP contribution in [0.3, 0.4) is 0 Å². The summed E-state index contributed by atoms with van der Waals surface area (Å²) in [5.41, 5.74) is 0. The highest BCUT2D eigenvalue weighted by Gasteiger charge is 1.90. The number of aliphatic hydroxyl groups is 2. The maximum Gasteiger partial charge on any atom is 0.138 e. The Balaban J connectivity index is 3.62. The quantitative estimate of drug-likeness (QED) is 0.603. The minimum Gasteiger partial charge on any atom is -0.393 e. The zero-order valence-electron chi connectivity index (χ0n) is 10.7. The molecule has 0 saturated carbocycles. The zero-order chi connectivity index (χ0) is 14.2. The van der Waals surface area contributed by atoms with E-state index in [-0.39, 0.29) is 6.61 Å². The molecule has 0 saturated heterocycles. The third-order valence-electron chi connectivity index (χ3n) is 1.92. The van der Waals surface area contributed by atoms with Crippen LogP contribution < -0.4 is 0 Å². The van der Waals surface area contributed by atoms with Crippen LogP contribution in [-0.4, -0.2) is 22.9 Å². The van der Waals surface area contributed by atoms with Gasteiger partial charge in [-0.2, -0.15) is 0 Å². The molecule has 1 atom stereocenters. The first-order valence-corrected chi connectivity index (χ1v) is 6.91. The van der Waals surface area contributed by atoms with Crippen LogP contribution in [-0.2, 0) is 0 Å². The molecule has 0 amide bonds. The smallest absolute Gasteiger partial charge is 0.138 e. The summed E-state index contributed by atoms with van der Waals surface area (Å²) >= 11 is 3.15. The molecule has 3 heteroatoms. The molecule has 19 heavy (non-hydrogen) atoms. The van der Waals surface area contributed by atoms with Crippen LogP contribution in [0.5, 0.6) is 0 Å². The van der Waals surface area contributed by atoms with Crippen molar-refractivity contribution in [2.45, 2.75) is 31.8 Å². The number of aliphatic hydroxyl groups excluding tert-OH is 2. The fourth-order valence-corrected chi connectivity index (χ4v) is 1.16. The highest BCUT2D eigenvalue weighted by atomic mass is 79.9. The molecule has 0 unspecified atom stereocenters. The second kappa shape index (κ2) is 14.6. The lowest BCUT2D eigenvalue weighted by Gasteiger charge is -1.90. The van der Waals surface area contributed by atoms with Gasteiger partial charge >= 0.3 is 0 Å². The van der Waals surface area contributed by atoms with Crippen LogP contribution >= 0.6 is 15.9 Å². The molecular weight excluding hydrogens is 304 g/mol. The van der Waals surface area contributed by atoms with Gasteiger partial charge < -0.3 is 10.2 Å². The number of rotatable bonds is 5. The Morgan fingerprint density at radius 1 is 1.11 bits per heavy atom. The fraction of sp³-hybridized carbons (Fsp3) is 0.375. The van der Waals surface area contributed by atoms with Crippen molar-refractivity contribution in [3.05, 3.63) is 23.2 Å². The molecule has 0 fully saturated rings. The van der Waals surface area contributed by atoms with E-state index in [0.29, 0.717) is 0 Å². The summed E-state index contributed by atoms with van der Waals surface area (Å²) in [5.74, 6) is 16.1. The normalized spacial score (nSPS) is 11.1. The Bertz CT molecular complexity index is 458. The first-order chi connectivity index (χ1) is 9.31. The number of halogens is 1. The van der Waals surface area contributed by atoms with Crippen molar-refractivity contribution in [3.8, 4) is 35.5 Å². The van der Waals surface area contributed by atoms with Crippen molar-refractivity contribution >= 4 is 15.9 Å². The number of hydrogen-bond acceptors (Lipinski definition) is 2. The molecule has 100 valence electrons. The first-order valence-electron chi connectivity index (χ1n) is 6.00. The van der Waals surface area contributed by atoms with Gasteiger partial charge in [0.25, 0.3) is 0 Å². The lowest BCUT2D eigenvalue weighted by atomic mass is 10.2. The van der Waals surface area contributed by atoms with Gasteiger partial charge in [-0.05, 0) is 48.2 Å². The molecule has 0 aliphatic rings. The van der Waals surface area contributed by atoms with E-state index < -0.39 is 6.10 Å². The van der Waals surface area contributed by atoms with Crippen molar-refractivity contribution in [1.29, 1.82) is 0 Å². The Morgan fingerprint density at radius 2 is 1.95 bits per heavy atom. The van der Waals surface area contributed by atoms with Gasteiger partial charge in [0.1, 0.15) is 6.10 Å². The van der Waals surface area contributed by atoms with E-state index in [1.54, 1.807) is 17.1 Å². The highest BCUT2D eigenvalue weighted by Crippen LogP contribution is 1.99. The van der Waals surface area contributed by atoms with Crippen molar-refractivity contribution < 1.29 is 10.2 Å². The van der Waals surface area contributed by atoms with Crippen LogP contribution in [0.25, 0.3) is 0 Å². The van der Waals surface area contributed by atoms with E-state index in [1.165, 1.54) is 0 Å². The monoisotopic (exact) mass is 320 g/mol. The van der Waals surface area contributed by atoms with E-state index >= 15 is 0 Å². The van der Waals surface area contributed by atoms with Gasteiger partial charge in [-0.3, -0.25) is 0 Å². The third-order valence-corrected chi connectivity index (χ3v) is 2.18. The second-order valence-corrected chi connectivity index (χ2v) is 4.03. The van der Waals surface area contributed by atoms with E-state index in [2.05, 4.69) is 51.5 Å². The fourth-order valence-electron chi connectivity index (χ4n) is 1.02. The number of hydrogen-bond donors (Lipinski definition) is 2. The topological polar surface area (TPSA) is 40.5 Å². The summed E-state index contributed by atoms with van der Waals surface area (Å²) in [6.45, 7) is -0.362. The van der Waals surface area contributed by atoms with E-state index in [9.17, 15) is 0 Å². The molecular formula is C16H17BrO2. The van der Waals surface area contributed by atoms with Crippen molar-refractivity contribution in [2.75, 3.05) is 6.61 Å². The Kier molecular flexibility index (Phi) is 13.5. The Morgan fingerprint density at radius 3 is 2.68 bits per heavy atom. The van der Waals surface area contributed by atoms with E-state index in [0.717, 1.165) is 25.7 Å².